The Bertz CT molecular complexity index is 291. The fourth-order valence-electron chi connectivity index (χ4n) is 1.99. The van der Waals surface area contributed by atoms with Crippen LogP contribution in [0.2, 0.25) is 0 Å². The largest absolute Gasteiger partial charge is 0.317 e. The second kappa shape index (κ2) is 5.91. The van der Waals surface area contributed by atoms with Gasteiger partial charge in [-0.2, -0.15) is 5.10 Å². The molecule has 3 nitrogen and oxygen atoms in total. The Morgan fingerprint density at radius 3 is 2.73 bits per heavy atom. The molecule has 0 aromatic carbocycles. The third kappa shape index (κ3) is 3.34. The zero-order chi connectivity index (χ0) is 11.3. The van der Waals surface area contributed by atoms with Gasteiger partial charge in [-0.3, -0.25) is 4.68 Å². The van der Waals surface area contributed by atoms with Crippen molar-refractivity contribution in [1.82, 2.24) is 15.1 Å². The molecule has 86 valence electrons. The summed E-state index contributed by atoms with van der Waals surface area (Å²) in [6, 6.07) is 2.78. The number of nitrogens with one attached hydrogen (secondary N) is 1. The highest BCUT2D eigenvalue weighted by Crippen LogP contribution is 2.09. The van der Waals surface area contributed by atoms with Gasteiger partial charge in [-0.15, -0.1) is 0 Å². The van der Waals surface area contributed by atoms with E-state index in [1.807, 2.05) is 7.05 Å². The van der Waals surface area contributed by atoms with Gasteiger partial charge in [0, 0.05) is 24.7 Å². The smallest absolute Gasteiger partial charge is 0.0596 e. The lowest BCUT2D eigenvalue weighted by atomic mass is 10.1. The Balaban J connectivity index is 2.68. The quantitative estimate of drug-likeness (QED) is 0.778. The Hall–Kier alpha value is -0.830. The van der Waals surface area contributed by atoms with Crippen molar-refractivity contribution in [1.29, 1.82) is 0 Å². The summed E-state index contributed by atoms with van der Waals surface area (Å²) in [5, 5.41) is 7.84. The van der Waals surface area contributed by atoms with Crippen LogP contribution in [-0.2, 0) is 13.0 Å². The highest BCUT2D eigenvalue weighted by Gasteiger charge is 2.10. The standard InChI is InChI=1S/C12H23N3/c1-5-7-11(13-4)9-12-8-10(3)14-15(12)6-2/h8,11,13H,5-7,9H2,1-4H3. The summed E-state index contributed by atoms with van der Waals surface area (Å²) in [4.78, 5) is 0. The van der Waals surface area contributed by atoms with E-state index in [9.17, 15) is 0 Å². The van der Waals surface area contributed by atoms with Gasteiger partial charge in [0.05, 0.1) is 5.69 Å². The molecule has 1 rings (SSSR count). The van der Waals surface area contributed by atoms with Crippen molar-refractivity contribution >= 4 is 0 Å². The summed E-state index contributed by atoms with van der Waals surface area (Å²) >= 11 is 0. The molecule has 0 aliphatic heterocycles. The molecule has 0 saturated heterocycles. The van der Waals surface area contributed by atoms with Gasteiger partial charge in [-0.25, -0.2) is 0 Å². The van der Waals surface area contributed by atoms with Crippen LogP contribution in [0.4, 0.5) is 0 Å². The molecule has 15 heavy (non-hydrogen) atoms. The Labute approximate surface area is 92.9 Å². The lowest BCUT2D eigenvalue weighted by Gasteiger charge is -2.15. The molecule has 0 aliphatic rings. The van der Waals surface area contributed by atoms with Crippen LogP contribution in [0.25, 0.3) is 0 Å². The van der Waals surface area contributed by atoms with Crippen molar-refractivity contribution in [3.05, 3.63) is 17.5 Å². The first-order valence-electron chi connectivity index (χ1n) is 5.91. The highest BCUT2D eigenvalue weighted by molar-refractivity contribution is 5.10. The zero-order valence-electron chi connectivity index (χ0n) is 10.4. The van der Waals surface area contributed by atoms with Gasteiger partial charge in [0.25, 0.3) is 0 Å². The Morgan fingerprint density at radius 2 is 2.20 bits per heavy atom. The first-order valence-corrected chi connectivity index (χ1v) is 5.91. The molecule has 0 radical (unpaired) electrons. The van der Waals surface area contributed by atoms with Crippen LogP contribution in [0.1, 0.15) is 38.1 Å². The van der Waals surface area contributed by atoms with E-state index in [4.69, 9.17) is 0 Å². The third-order valence-electron chi connectivity index (χ3n) is 2.79. The Morgan fingerprint density at radius 1 is 1.47 bits per heavy atom. The number of hydrogen-bond acceptors (Lipinski definition) is 2. The second-order valence-electron chi connectivity index (χ2n) is 4.07. The minimum atomic E-state index is 0.580. The molecule has 3 heteroatoms. The molecule has 0 spiro atoms. The molecule has 0 amide bonds. The molecule has 1 unspecified atom stereocenters. The molecule has 0 aliphatic carbocycles. The first kappa shape index (κ1) is 12.2. The van der Waals surface area contributed by atoms with E-state index >= 15 is 0 Å². The van der Waals surface area contributed by atoms with Crippen LogP contribution in [0, 0.1) is 6.92 Å². The van der Waals surface area contributed by atoms with Crippen molar-refractivity contribution < 1.29 is 0 Å². The molecule has 1 heterocycles. The van der Waals surface area contributed by atoms with Crippen LogP contribution in [0.3, 0.4) is 0 Å². The fourth-order valence-corrected chi connectivity index (χ4v) is 1.99. The summed E-state index contributed by atoms with van der Waals surface area (Å²) in [5.74, 6) is 0. The highest BCUT2D eigenvalue weighted by atomic mass is 15.3. The van der Waals surface area contributed by atoms with Crippen LogP contribution >= 0.6 is 0 Å². The maximum atomic E-state index is 4.47. The molecule has 1 atom stereocenters. The van der Waals surface area contributed by atoms with Gasteiger partial charge in [-0.05, 0) is 33.4 Å². The molecule has 0 saturated carbocycles. The molecule has 1 aromatic heterocycles. The maximum Gasteiger partial charge on any atom is 0.0596 e. The molecular formula is C12H23N3. The molecule has 1 aromatic rings. The summed E-state index contributed by atoms with van der Waals surface area (Å²) in [6.45, 7) is 7.40. The monoisotopic (exact) mass is 209 g/mol. The van der Waals surface area contributed by atoms with Gasteiger partial charge in [0.2, 0.25) is 0 Å². The maximum absolute atomic E-state index is 4.47. The van der Waals surface area contributed by atoms with Gasteiger partial charge in [0.1, 0.15) is 0 Å². The molecule has 0 bridgehead atoms. The van der Waals surface area contributed by atoms with E-state index in [-0.39, 0.29) is 0 Å². The fraction of sp³-hybridized carbons (Fsp3) is 0.750. The third-order valence-corrected chi connectivity index (χ3v) is 2.79. The van der Waals surface area contributed by atoms with E-state index in [1.54, 1.807) is 0 Å². The first-order chi connectivity index (χ1) is 7.21. The number of aromatic nitrogens is 2. The normalized spacial score (nSPS) is 13.1. The predicted molar refractivity (Wildman–Crippen MR) is 64.1 cm³/mol. The van der Waals surface area contributed by atoms with Crippen LogP contribution in [0.15, 0.2) is 6.07 Å². The minimum Gasteiger partial charge on any atom is -0.317 e. The summed E-state index contributed by atoms with van der Waals surface area (Å²) in [6.07, 6.45) is 3.54. The minimum absolute atomic E-state index is 0.580. The van der Waals surface area contributed by atoms with Gasteiger partial charge in [0.15, 0.2) is 0 Å². The average Bonchev–Trinajstić information content (AvgIpc) is 2.58. The van der Waals surface area contributed by atoms with Crippen molar-refractivity contribution in [3.63, 3.8) is 0 Å². The average molecular weight is 209 g/mol. The van der Waals surface area contributed by atoms with Gasteiger partial charge < -0.3 is 5.32 Å². The summed E-state index contributed by atoms with van der Waals surface area (Å²) in [5.41, 5.74) is 2.47. The SMILES string of the molecule is CCCC(Cc1cc(C)nn1CC)NC. The van der Waals surface area contributed by atoms with E-state index in [2.05, 4.69) is 41.9 Å². The van der Waals surface area contributed by atoms with Crippen molar-refractivity contribution in [3.8, 4) is 0 Å². The number of hydrogen-bond donors (Lipinski definition) is 1. The van der Waals surface area contributed by atoms with E-state index in [1.165, 1.54) is 18.5 Å². The van der Waals surface area contributed by atoms with Crippen molar-refractivity contribution in [2.75, 3.05) is 7.05 Å². The topological polar surface area (TPSA) is 29.9 Å². The summed E-state index contributed by atoms with van der Waals surface area (Å²) < 4.78 is 2.11. The Kier molecular flexibility index (Phi) is 4.82. The van der Waals surface area contributed by atoms with Crippen molar-refractivity contribution in [2.24, 2.45) is 0 Å². The number of nitrogens with zero attached hydrogens (tertiary/aromatic N) is 2. The van der Waals surface area contributed by atoms with E-state index in [0.717, 1.165) is 18.7 Å². The lowest BCUT2D eigenvalue weighted by molar-refractivity contribution is 0.489. The summed E-state index contributed by atoms with van der Waals surface area (Å²) in [7, 11) is 2.04. The number of likely N-dealkylation sites (N-methyl/N-ethyl adjacent to an activating group) is 1. The van der Waals surface area contributed by atoms with Crippen LogP contribution in [0.5, 0.6) is 0 Å². The molecular weight excluding hydrogens is 186 g/mol. The predicted octanol–water partition coefficient (Wildman–Crippen LogP) is 2.14. The zero-order valence-corrected chi connectivity index (χ0v) is 10.4. The van der Waals surface area contributed by atoms with Gasteiger partial charge >= 0.3 is 0 Å². The second-order valence-corrected chi connectivity index (χ2v) is 4.07. The van der Waals surface area contributed by atoms with Crippen LogP contribution in [-0.4, -0.2) is 22.9 Å². The lowest BCUT2D eigenvalue weighted by Crippen LogP contribution is -2.28. The van der Waals surface area contributed by atoms with Crippen LogP contribution < -0.4 is 5.32 Å². The van der Waals surface area contributed by atoms with E-state index in [0.29, 0.717) is 6.04 Å². The number of rotatable bonds is 6. The van der Waals surface area contributed by atoms with Crippen molar-refractivity contribution in [2.45, 2.75) is 52.6 Å². The van der Waals surface area contributed by atoms with E-state index < -0.39 is 0 Å². The van der Waals surface area contributed by atoms with Gasteiger partial charge in [-0.1, -0.05) is 13.3 Å². The molecule has 1 N–H and O–H groups in total. The number of aryl methyl sites for hydroxylation is 2. The molecule has 0 fully saturated rings.